The van der Waals surface area contributed by atoms with Crippen molar-refractivity contribution in [3.63, 3.8) is 0 Å². The van der Waals surface area contributed by atoms with Crippen LogP contribution in [0.25, 0.3) is 5.13 Å². The second kappa shape index (κ2) is 8.07. The Hall–Kier alpha value is -2.74. The van der Waals surface area contributed by atoms with Crippen LogP contribution in [-0.4, -0.2) is 19.6 Å². The number of benzene rings is 1. The maximum absolute atomic E-state index is 6.15. The Labute approximate surface area is 195 Å². The Morgan fingerprint density at radius 3 is 2.55 bits per heavy atom. The first-order chi connectivity index (χ1) is 15.0. The molecule has 0 spiro atoms. The molecule has 4 aromatic rings. The molecule has 0 amide bonds. The summed E-state index contributed by atoms with van der Waals surface area (Å²) in [6.07, 6.45) is 3.66. The van der Waals surface area contributed by atoms with Gasteiger partial charge in [-0.1, -0.05) is 17.7 Å². The van der Waals surface area contributed by atoms with Gasteiger partial charge in [0.2, 0.25) is 0 Å². The van der Waals surface area contributed by atoms with Crippen LogP contribution in [0.15, 0.2) is 66.3 Å². The van der Waals surface area contributed by atoms with E-state index in [-0.39, 0.29) is 12.1 Å². The van der Waals surface area contributed by atoms with E-state index in [2.05, 4.69) is 44.7 Å². The van der Waals surface area contributed by atoms with Crippen molar-refractivity contribution in [2.75, 3.05) is 4.90 Å². The topological polar surface area (TPSA) is 46.0 Å². The zero-order chi connectivity index (χ0) is 21.5. The van der Waals surface area contributed by atoms with Crippen LogP contribution in [0.5, 0.6) is 0 Å². The lowest BCUT2D eigenvalue weighted by molar-refractivity contribution is 0.565. The quantitative estimate of drug-likeness (QED) is 0.387. The lowest BCUT2D eigenvalue weighted by Gasteiger charge is -2.28. The second-order valence-electron chi connectivity index (χ2n) is 7.45. The van der Waals surface area contributed by atoms with Crippen molar-refractivity contribution in [3.8, 4) is 5.13 Å². The fraction of sp³-hybridized carbons (Fsp3) is 0.174. The number of aromatic nitrogens is 3. The minimum absolute atomic E-state index is 0.0662. The number of halogens is 1. The molecule has 1 N–H and O–H groups in total. The van der Waals surface area contributed by atoms with E-state index in [1.54, 1.807) is 11.3 Å². The average molecular weight is 466 g/mol. The van der Waals surface area contributed by atoms with Gasteiger partial charge in [0.1, 0.15) is 0 Å². The predicted octanol–water partition coefficient (Wildman–Crippen LogP) is 5.78. The summed E-state index contributed by atoms with van der Waals surface area (Å²) in [5.41, 5.74) is 5.40. The van der Waals surface area contributed by atoms with E-state index in [0.717, 1.165) is 27.9 Å². The summed E-state index contributed by atoms with van der Waals surface area (Å²) in [6, 6.07) is 15.8. The van der Waals surface area contributed by atoms with E-state index >= 15 is 0 Å². The van der Waals surface area contributed by atoms with Gasteiger partial charge in [-0.25, -0.2) is 4.98 Å². The molecule has 1 aliphatic rings. The average Bonchev–Trinajstić information content (AvgIpc) is 3.47. The van der Waals surface area contributed by atoms with Gasteiger partial charge in [-0.3, -0.25) is 9.55 Å². The summed E-state index contributed by atoms with van der Waals surface area (Å²) >= 11 is 13.6. The molecule has 31 heavy (non-hydrogen) atoms. The first-order valence-electron chi connectivity index (χ1n) is 9.89. The van der Waals surface area contributed by atoms with Crippen molar-refractivity contribution >= 4 is 46.0 Å². The molecule has 5 nitrogen and oxygen atoms in total. The number of anilines is 1. The first-order valence-corrected chi connectivity index (χ1v) is 11.6. The minimum Gasteiger partial charge on any atom is -0.351 e. The van der Waals surface area contributed by atoms with Crippen LogP contribution in [0.3, 0.4) is 0 Å². The van der Waals surface area contributed by atoms with E-state index in [9.17, 15) is 0 Å². The van der Waals surface area contributed by atoms with Crippen molar-refractivity contribution < 1.29 is 0 Å². The summed E-state index contributed by atoms with van der Waals surface area (Å²) < 4.78 is 2.21. The van der Waals surface area contributed by atoms with Gasteiger partial charge in [0.05, 0.1) is 17.8 Å². The molecule has 0 radical (unpaired) electrons. The zero-order valence-corrected chi connectivity index (χ0v) is 19.4. The Kier molecular flexibility index (Phi) is 5.25. The molecule has 1 fully saturated rings. The maximum Gasteiger partial charge on any atom is 0.193 e. The molecule has 8 heteroatoms. The third-order valence-corrected chi connectivity index (χ3v) is 6.93. The molecule has 5 rings (SSSR count). The normalized spacial score (nSPS) is 18.4. The highest BCUT2D eigenvalue weighted by molar-refractivity contribution is 7.80. The molecule has 0 unspecified atom stereocenters. The Bertz CT molecular complexity index is 1220. The van der Waals surface area contributed by atoms with Crippen LogP contribution in [-0.2, 0) is 0 Å². The van der Waals surface area contributed by atoms with E-state index in [0.29, 0.717) is 10.1 Å². The predicted molar refractivity (Wildman–Crippen MR) is 130 cm³/mol. The van der Waals surface area contributed by atoms with Gasteiger partial charge in [-0.05, 0) is 74.1 Å². The highest BCUT2D eigenvalue weighted by Crippen LogP contribution is 2.43. The van der Waals surface area contributed by atoms with Gasteiger partial charge < -0.3 is 10.2 Å². The summed E-state index contributed by atoms with van der Waals surface area (Å²) in [6.45, 7) is 4.25. The van der Waals surface area contributed by atoms with Crippen molar-refractivity contribution in [1.29, 1.82) is 0 Å². The SMILES string of the molecule is Cc1cc([C@@H]2[C@@H](c3ccccn3)NC(=S)N2c2ccc(Cl)cc2)c(C)n1-c1nccs1. The Balaban J connectivity index is 1.68. The number of hydrogen-bond donors (Lipinski definition) is 1. The molecule has 4 heterocycles. The first kappa shape index (κ1) is 20.2. The summed E-state index contributed by atoms with van der Waals surface area (Å²) in [7, 11) is 0. The lowest BCUT2D eigenvalue weighted by atomic mass is 9.96. The monoisotopic (exact) mass is 465 g/mol. The smallest absolute Gasteiger partial charge is 0.193 e. The molecule has 3 aromatic heterocycles. The zero-order valence-electron chi connectivity index (χ0n) is 17.0. The molecular formula is C23H20ClN5S2. The fourth-order valence-corrected chi connectivity index (χ4v) is 5.48. The van der Waals surface area contributed by atoms with Gasteiger partial charge in [-0.15, -0.1) is 11.3 Å². The molecular weight excluding hydrogens is 446 g/mol. The van der Waals surface area contributed by atoms with E-state index in [4.69, 9.17) is 23.8 Å². The molecule has 2 atom stereocenters. The van der Waals surface area contributed by atoms with Crippen LogP contribution in [0.1, 0.15) is 34.7 Å². The molecule has 0 aliphatic carbocycles. The van der Waals surface area contributed by atoms with Gasteiger partial charge >= 0.3 is 0 Å². The van der Waals surface area contributed by atoms with Crippen LogP contribution < -0.4 is 10.2 Å². The summed E-state index contributed by atoms with van der Waals surface area (Å²) in [5.74, 6) is 0. The fourth-order valence-electron chi connectivity index (χ4n) is 4.26. The standard InChI is InChI=1S/C23H20ClN5S2/c1-14-13-18(15(2)28(14)23-26-11-12-31-23)21-20(19-5-3-4-10-25-19)27-22(30)29(21)17-8-6-16(24)7-9-17/h3-13,20-21H,1-2H3,(H,27,30)/t20-,21-/m1/s1. The second-order valence-corrected chi connectivity index (χ2v) is 9.15. The molecule has 1 aromatic carbocycles. The highest BCUT2D eigenvalue weighted by atomic mass is 35.5. The number of thiazole rings is 1. The molecule has 0 bridgehead atoms. The van der Waals surface area contributed by atoms with Crippen molar-refractivity contribution in [2.24, 2.45) is 0 Å². The number of nitrogens with zero attached hydrogens (tertiary/aromatic N) is 4. The van der Waals surface area contributed by atoms with E-state index in [1.165, 1.54) is 5.56 Å². The molecule has 0 saturated carbocycles. The lowest BCUT2D eigenvalue weighted by Crippen LogP contribution is -2.29. The van der Waals surface area contributed by atoms with Gasteiger partial charge in [0.15, 0.2) is 10.2 Å². The van der Waals surface area contributed by atoms with Crippen LogP contribution in [0.2, 0.25) is 5.02 Å². The third-order valence-electron chi connectivity index (χ3n) is 5.60. The molecule has 1 aliphatic heterocycles. The van der Waals surface area contributed by atoms with Crippen LogP contribution in [0.4, 0.5) is 5.69 Å². The molecule has 156 valence electrons. The van der Waals surface area contributed by atoms with Gasteiger partial charge in [0, 0.05) is 39.9 Å². The number of hydrogen-bond acceptors (Lipinski definition) is 4. The summed E-state index contributed by atoms with van der Waals surface area (Å²) in [5, 5.41) is 7.83. The van der Waals surface area contributed by atoms with Crippen molar-refractivity contribution in [3.05, 3.63) is 94.0 Å². The number of rotatable bonds is 4. The number of thiocarbonyl (C=S) groups is 1. The van der Waals surface area contributed by atoms with Gasteiger partial charge in [-0.2, -0.15) is 0 Å². The Morgan fingerprint density at radius 2 is 1.87 bits per heavy atom. The molecule has 1 saturated heterocycles. The van der Waals surface area contributed by atoms with Crippen LogP contribution >= 0.6 is 35.2 Å². The van der Waals surface area contributed by atoms with Crippen LogP contribution in [0, 0.1) is 13.8 Å². The van der Waals surface area contributed by atoms with Gasteiger partial charge in [0.25, 0.3) is 0 Å². The van der Waals surface area contributed by atoms with E-state index in [1.807, 2.05) is 60.2 Å². The van der Waals surface area contributed by atoms with Crippen molar-refractivity contribution in [1.82, 2.24) is 19.9 Å². The number of pyridine rings is 1. The van der Waals surface area contributed by atoms with Crippen molar-refractivity contribution in [2.45, 2.75) is 25.9 Å². The maximum atomic E-state index is 6.15. The Morgan fingerprint density at radius 1 is 1.06 bits per heavy atom. The summed E-state index contributed by atoms with van der Waals surface area (Å²) in [4.78, 5) is 11.3. The van der Waals surface area contributed by atoms with E-state index < -0.39 is 0 Å². The largest absolute Gasteiger partial charge is 0.351 e. The highest BCUT2D eigenvalue weighted by Gasteiger charge is 2.42. The minimum atomic E-state index is -0.0883. The number of aryl methyl sites for hydroxylation is 1. The third kappa shape index (κ3) is 3.52. The number of nitrogens with one attached hydrogen (secondary N) is 1.